The molecule has 0 aliphatic heterocycles. The smallest absolute Gasteiger partial charge is 0.382 e. The van der Waals surface area contributed by atoms with Crippen molar-refractivity contribution in [3.63, 3.8) is 0 Å². The summed E-state index contributed by atoms with van der Waals surface area (Å²) < 4.78 is 4.47. The van der Waals surface area contributed by atoms with Crippen LogP contribution in [0.4, 0.5) is 0 Å². The zero-order valence-corrected chi connectivity index (χ0v) is 10.9. The maximum absolute atomic E-state index is 11.4. The fourth-order valence-electron chi connectivity index (χ4n) is 1.08. The van der Waals surface area contributed by atoms with E-state index in [-0.39, 0.29) is 5.92 Å². The van der Waals surface area contributed by atoms with E-state index in [1.807, 2.05) is 6.92 Å². The molecule has 0 aromatic heterocycles. The van der Waals surface area contributed by atoms with Crippen molar-refractivity contribution in [2.45, 2.75) is 46.6 Å². The van der Waals surface area contributed by atoms with E-state index in [1.165, 1.54) is 0 Å². The number of carbonyl (C=O) groups excluding carboxylic acids is 3. The molecule has 3 atom stereocenters. The Bertz CT molecular complexity index is 301. The molecule has 1 unspecified atom stereocenters. The second kappa shape index (κ2) is 7.17. The normalized spacial score (nSPS) is 15.8. The van der Waals surface area contributed by atoms with Crippen LogP contribution in [-0.4, -0.2) is 23.8 Å². The molecule has 0 radical (unpaired) electrons. The Balaban J connectivity index is 4.40. The van der Waals surface area contributed by atoms with E-state index >= 15 is 0 Å². The monoisotopic (exact) mass is 243 g/mol. The highest BCUT2D eigenvalue weighted by molar-refractivity contribution is 6.36. The quantitative estimate of drug-likeness (QED) is 0.428. The molecular formula is C12H21NO4. The molecule has 0 aliphatic rings. The van der Waals surface area contributed by atoms with Crippen LogP contribution in [0.5, 0.6) is 0 Å². The first kappa shape index (κ1) is 15.8. The van der Waals surface area contributed by atoms with Gasteiger partial charge >= 0.3 is 11.9 Å². The topological polar surface area (TPSA) is 86.5 Å². The summed E-state index contributed by atoms with van der Waals surface area (Å²) in [6.45, 7) is 7.06. The molecule has 5 nitrogen and oxygen atoms in total. The van der Waals surface area contributed by atoms with Gasteiger partial charge in [-0.15, -0.1) is 0 Å². The fourth-order valence-corrected chi connectivity index (χ4v) is 1.08. The molecule has 0 spiro atoms. The molecule has 0 saturated carbocycles. The Hall–Kier alpha value is -1.23. The molecule has 0 aromatic carbocycles. The Morgan fingerprint density at radius 1 is 1.12 bits per heavy atom. The highest BCUT2D eigenvalue weighted by atomic mass is 16.6. The third-order valence-corrected chi connectivity index (χ3v) is 2.98. The zero-order valence-electron chi connectivity index (χ0n) is 10.9. The van der Waals surface area contributed by atoms with Gasteiger partial charge in [-0.25, -0.2) is 9.59 Å². The fraction of sp³-hybridized carbons (Fsp3) is 0.750. The number of carbonyl (C=O) groups is 3. The van der Waals surface area contributed by atoms with Gasteiger partial charge in [0.1, 0.15) is 6.04 Å². The first-order valence-electron chi connectivity index (χ1n) is 5.90. The van der Waals surface area contributed by atoms with Crippen LogP contribution in [-0.2, 0) is 19.1 Å². The molecule has 0 fully saturated rings. The molecule has 5 heteroatoms. The summed E-state index contributed by atoms with van der Waals surface area (Å²) in [4.78, 5) is 34.2. The van der Waals surface area contributed by atoms with Crippen LogP contribution in [0.3, 0.4) is 0 Å². The summed E-state index contributed by atoms with van der Waals surface area (Å²) in [5.74, 6) is -3.15. The van der Waals surface area contributed by atoms with Crippen molar-refractivity contribution in [2.75, 3.05) is 0 Å². The molecule has 0 amide bonds. The highest BCUT2D eigenvalue weighted by Crippen LogP contribution is 2.08. The molecule has 2 N–H and O–H groups in total. The second-order valence-electron chi connectivity index (χ2n) is 4.29. The van der Waals surface area contributed by atoms with Gasteiger partial charge in [0.15, 0.2) is 0 Å². The summed E-state index contributed by atoms with van der Waals surface area (Å²) >= 11 is 0. The van der Waals surface area contributed by atoms with Gasteiger partial charge in [0.05, 0.1) is 0 Å². The third-order valence-electron chi connectivity index (χ3n) is 2.98. The van der Waals surface area contributed by atoms with Gasteiger partial charge in [-0.1, -0.05) is 34.1 Å². The minimum atomic E-state index is -1.11. The van der Waals surface area contributed by atoms with Crippen LogP contribution in [0.2, 0.25) is 0 Å². The van der Waals surface area contributed by atoms with Crippen molar-refractivity contribution in [2.24, 2.45) is 17.6 Å². The number of nitrogens with two attached hydrogens (primary N) is 1. The summed E-state index contributed by atoms with van der Waals surface area (Å²) in [6, 6.07) is -0.867. The predicted octanol–water partition coefficient (Wildman–Crippen LogP) is 1.04. The molecule has 0 bridgehead atoms. The average Bonchev–Trinajstić information content (AvgIpc) is 2.34. The van der Waals surface area contributed by atoms with Crippen molar-refractivity contribution < 1.29 is 19.1 Å². The van der Waals surface area contributed by atoms with E-state index < -0.39 is 29.7 Å². The second-order valence-corrected chi connectivity index (χ2v) is 4.29. The van der Waals surface area contributed by atoms with E-state index in [4.69, 9.17) is 5.73 Å². The summed E-state index contributed by atoms with van der Waals surface area (Å²) in [5.41, 5.74) is 5.59. The lowest BCUT2D eigenvalue weighted by atomic mass is 10.0. The van der Waals surface area contributed by atoms with Crippen molar-refractivity contribution in [1.29, 1.82) is 0 Å². The van der Waals surface area contributed by atoms with Gasteiger partial charge in [0.25, 0.3) is 0 Å². The largest absolute Gasteiger partial charge is 0.386 e. The summed E-state index contributed by atoms with van der Waals surface area (Å²) in [5, 5.41) is 0. The molecule has 0 aromatic rings. The third kappa shape index (κ3) is 4.65. The van der Waals surface area contributed by atoms with E-state index in [2.05, 4.69) is 4.74 Å². The lowest BCUT2D eigenvalue weighted by molar-refractivity contribution is -0.166. The van der Waals surface area contributed by atoms with E-state index in [9.17, 15) is 14.4 Å². The van der Waals surface area contributed by atoms with Crippen LogP contribution in [0.15, 0.2) is 0 Å². The number of esters is 2. The van der Waals surface area contributed by atoms with E-state index in [0.717, 1.165) is 0 Å². The molecular weight excluding hydrogens is 222 g/mol. The summed E-state index contributed by atoms with van der Waals surface area (Å²) in [6.07, 6.45) is 1.23. The van der Waals surface area contributed by atoms with Gasteiger partial charge in [-0.2, -0.15) is 0 Å². The Labute approximate surface area is 102 Å². The van der Waals surface area contributed by atoms with Gasteiger partial charge in [-0.3, -0.25) is 4.79 Å². The first-order valence-corrected chi connectivity index (χ1v) is 5.90. The lowest BCUT2D eigenvalue weighted by Crippen LogP contribution is -2.40. The Kier molecular flexibility index (Phi) is 6.65. The van der Waals surface area contributed by atoms with Gasteiger partial charge in [-0.05, 0) is 12.3 Å². The van der Waals surface area contributed by atoms with E-state index in [0.29, 0.717) is 12.8 Å². The molecule has 0 aliphatic carbocycles. The van der Waals surface area contributed by atoms with Crippen molar-refractivity contribution in [3.8, 4) is 0 Å². The molecule has 98 valence electrons. The number of Topliss-reactive ketones (excluding diaryl/α,β-unsaturated/α-hetero) is 1. The minimum absolute atomic E-state index is 0.0889. The SMILES string of the molecule is CCC(C)C(=O)C(=O)OC(=O)[C@@H](N)[C@@H](C)CC. The lowest BCUT2D eigenvalue weighted by Gasteiger charge is -2.16. The predicted molar refractivity (Wildman–Crippen MR) is 63.0 cm³/mol. The highest BCUT2D eigenvalue weighted by Gasteiger charge is 2.28. The van der Waals surface area contributed by atoms with Gasteiger partial charge in [0.2, 0.25) is 5.78 Å². The van der Waals surface area contributed by atoms with E-state index in [1.54, 1.807) is 20.8 Å². The maximum atomic E-state index is 11.4. The number of ether oxygens (including phenoxy) is 1. The van der Waals surface area contributed by atoms with Crippen LogP contribution < -0.4 is 5.73 Å². The van der Waals surface area contributed by atoms with Crippen LogP contribution in [0.25, 0.3) is 0 Å². The Morgan fingerprint density at radius 3 is 2.06 bits per heavy atom. The number of hydrogen-bond donors (Lipinski definition) is 1. The van der Waals surface area contributed by atoms with Crippen molar-refractivity contribution >= 4 is 17.7 Å². The molecule has 0 rings (SSSR count). The maximum Gasteiger partial charge on any atom is 0.382 e. The Morgan fingerprint density at radius 2 is 1.65 bits per heavy atom. The van der Waals surface area contributed by atoms with Crippen LogP contribution in [0, 0.1) is 11.8 Å². The average molecular weight is 243 g/mol. The zero-order chi connectivity index (χ0) is 13.6. The summed E-state index contributed by atoms with van der Waals surface area (Å²) in [7, 11) is 0. The van der Waals surface area contributed by atoms with Crippen LogP contribution in [0.1, 0.15) is 40.5 Å². The first-order chi connectivity index (χ1) is 7.84. The van der Waals surface area contributed by atoms with Crippen molar-refractivity contribution in [1.82, 2.24) is 0 Å². The molecule has 0 heterocycles. The number of hydrogen-bond acceptors (Lipinski definition) is 5. The molecule has 17 heavy (non-hydrogen) atoms. The standard InChI is InChI=1S/C12H21NO4/c1-5-7(3)9(13)11(15)17-12(16)10(14)8(4)6-2/h7-9H,5-6,13H2,1-4H3/t7-,8?,9-/m0/s1. The number of rotatable bonds is 6. The van der Waals surface area contributed by atoms with Crippen LogP contribution >= 0.6 is 0 Å². The minimum Gasteiger partial charge on any atom is -0.386 e. The van der Waals surface area contributed by atoms with Gasteiger partial charge < -0.3 is 10.5 Å². The number of ketones is 1. The van der Waals surface area contributed by atoms with Gasteiger partial charge in [0, 0.05) is 5.92 Å². The van der Waals surface area contributed by atoms with Crippen molar-refractivity contribution in [3.05, 3.63) is 0 Å². The molecule has 0 saturated heterocycles.